The molecule has 11 heteroatoms. The minimum absolute atomic E-state index is 0.101. The van der Waals surface area contributed by atoms with E-state index >= 15 is 8.78 Å². The largest absolute Gasteiger partial charge is 0.467 e. The van der Waals surface area contributed by atoms with Crippen LogP contribution in [-0.2, 0) is 16.0 Å². The number of methoxy groups -OCH3 is 1. The molecule has 1 atom stereocenters. The number of anilines is 1. The van der Waals surface area contributed by atoms with Crippen molar-refractivity contribution in [1.82, 2.24) is 10.3 Å². The molecule has 45 heavy (non-hydrogen) atoms. The summed E-state index contributed by atoms with van der Waals surface area (Å²) in [6.45, 7) is 0. The van der Waals surface area contributed by atoms with Gasteiger partial charge in [0.1, 0.15) is 23.2 Å². The lowest BCUT2D eigenvalue weighted by Gasteiger charge is -2.19. The first-order chi connectivity index (χ1) is 21.7. The van der Waals surface area contributed by atoms with Crippen molar-refractivity contribution in [3.05, 3.63) is 130 Å². The van der Waals surface area contributed by atoms with Crippen LogP contribution in [0.1, 0.15) is 31.8 Å². The second-order valence-electron chi connectivity index (χ2n) is 9.87. The molecule has 8 nitrogen and oxygen atoms in total. The van der Waals surface area contributed by atoms with Gasteiger partial charge >= 0.3 is 5.97 Å². The molecule has 2 N–H and O–H groups in total. The lowest BCUT2D eigenvalue weighted by Crippen LogP contribution is -2.43. The lowest BCUT2D eigenvalue weighted by atomic mass is 9.94. The fraction of sp³-hybridized carbons (Fsp3) is 0.0882. The van der Waals surface area contributed by atoms with Gasteiger partial charge in [-0.3, -0.25) is 14.6 Å². The maximum Gasteiger partial charge on any atom is 0.328 e. The number of rotatable bonds is 8. The van der Waals surface area contributed by atoms with Crippen LogP contribution < -0.4 is 10.6 Å². The molecule has 0 aliphatic heterocycles. The Labute approximate surface area is 261 Å². The molecule has 5 rings (SSSR count). The smallest absolute Gasteiger partial charge is 0.328 e. The minimum Gasteiger partial charge on any atom is -0.467 e. The first-order valence-corrected chi connectivity index (χ1v) is 13.9. The Bertz CT molecular complexity index is 1970. The molecule has 0 aliphatic carbocycles. The van der Waals surface area contributed by atoms with Crippen LogP contribution in [0.3, 0.4) is 0 Å². The SMILES string of the molecule is COC(=O)[C@H](Cc1ccc(-c2ccc(C#N)cc2Cl)c2ncccc12)NC(=O)c1c(F)cc(NC(=O)c2ccccc2)cc1F. The summed E-state index contributed by atoms with van der Waals surface area (Å²) in [4.78, 5) is 42.8. The number of pyridine rings is 1. The fourth-order valence-corrected chi connectivity index (χ4v) is 5.15. The van der Waals surface area contributed by atoms with Crippen molar-refractivity contribution in [2.75, 3.05) is 12.4 Å². The Hall–Kier alpha value is -5.66. The molecule has 0 unspecified atom stereocenters. The number of fused-ring (bicyclic) bond motifs is 1. The van der Waals surface area contributed by atoms with Gasteiger partial charge in [-0.15, -0.1) is 0 Å². The van der Waals surface area contributed by atoms with Gasteiger partial charge in [-0.2, -0.15) is 5.26 Å². The van der Waals surface area contributed by atoms with Gasteiger partial charge in [0.2, 0.25) is 0 Å². The molecule has 224 valence electrons. The predicted octanol–water partition coefficient (Wildman–Crippen LogP) is 6.47. The molecule has 0 saturated carbocycles. The number of aromatic nitrogens is 1. The van der Waals surface area contributed by atoms with Gasteiger partial charge in [-0.25, -0.2) is 13.6 Å². The van der Waals surface area contributed by atoms with Crippen molar-refractivity contribution >= 4 is 46.0 Å². The average molecular weight is 625 g/mol. The zero-order chi connectivity index (χ0) is 32.1. The van der Waals surface area contributed by atoms with E-state index in [4.69, 9.17) is 16.3 Å². The summed E-state index contributed by atoms with van der Waals surface area (Å²) in [6.07, 6.45) is 1.49. The Morgan fingerprint density at radius 1 is 0.933 bits per heavy atom. The van der Waals surface area contributed by atoms with Gasteiger partial charge in [0.05, 0.1) is 24.3 Å². The molecule has 1 aromatic heterocycles. The van der Waals surface area contributed by atoms with Gasteiger partial charge in [0.25, 0.3) is 11.8 Å². The number of carbonyl (C=O) groups excluding carboxylic acids is 3. The number of esters is 1. The van der Waals surface area contributed by atoms with Crippen LogP contribution >= 0.6 is 11.6 Å². The van der Waals surface area contributed by atoms with Gasteiger partial charge < -0.3 is 15.4 Å². The molecular weight excluding hydrogens is 602 g/mol. The number of amides is 2. The molecule has 4 aromatic carbocycles. The Balaban J connectivity index is 1.41. The molecule has 0 spiro atoms. The zero-order valence-corrected chi connectivity index (χ0v) is 24.4. The van der Waals surface area contributed by atoms with Crippen molar-refractivity contribution in [3.8, 4) is 17.2 Å². The fourth-order valence-electron chi connectivity index (χ4n) is 4.87. The van der Waals surface area contributed by atoms with Crippen LogP contribution in [0.2, 0.25) is 5.02 Å². The second kappa shape index (κ2) is 13.3. The molecule has 0 bridgehead atoms. The van der Waals surface area contributed by atoms with Crippen molar-refractivity contribution in [2.45, 2.75) is 12.5 Å². The summed E-state index contributed by atoms with van der Waals surface area (Å²) in [5.74, 6) is -5.10. The summed E-state index contributed by atoms with van der Waals surface area (Å²) in [5.41, 5.74) is 1.99. The molecule has 0 aliphatic rings. The molecule has 1 heterocycles. The third-order valence-corrected chi connectivity index (χ3v) is 7.34. The van der Waals surface area contributed by atoms with E-state index in [2.05, 4.69) is 15.6 Å². The van der Waals surface area contributed by atoms with E-state index in [9.17, 15) is 19.6 Å². The summed E-state index contributed by atoms with van der Waals surface area (Å²) >= 11 is 6.46. The van der Waals surface area contributed by atoms with Crippen molar-refractivity contribution in [2.24, 2.45) is 0 Å². The number of nitrogens with zero attached hydrogens (tertiary/aromatic N) is 2. The third-order valence-electron chi connectivity index (χ3n) is 7.03. The summed E-state index contributed by atoms with van der Waals surface area (Å²) < 4.78 is 35.0. The third kappa shape index (κ3) is 6.64. The maximum absolute atomic E-state index is 15.1. The first-order valence-electron chi connectivity index (χ1n) is 13.5. The van der Waals surface area contributed by atoms with E-state index in [1.807, 2.05) is 6.07 Å². The van der Waals surface area contributed by atoms with Crippen LogP contribution in [0, 0.1) is 23.0 Å². The van der Waals surface area contributed by atoms with Gasteiger partial charge in [-0.1, -0.05) is 54.1 Å². The van der Waals surface area contributed by atoms with Gasteiger partial charge in [0, 0.05) is 45.4 Å². The van der Waals surface area contributed by atoms with Crippen LogP contribution in [0.15, 0.2) is 91.1 Å². The number of halogens is 3. The Kier molecular flexibility index (Phi) is 9.12. The molecule has 0 saturated heterocycles. The zero-order valence-electron chi connectivity index (χ0n) is 23.6. The molecule has 0 fully saturated rings. The van der Waals surface area contributed by atoms with Crippen LogP contribution in [0.5, 0.6) is 0 Å². The standard InChI is InChI=1S/C34H23ClF2N4O4/c1-45-34(44)29(41-33(43)30-27(36)16-22(17-28(30)37)40-32(42)20-6-3-2-4-7-20)15-21-10-12-25(31-23(21)8-5-13-39-31)24-11-9-19(18-38)14-26(24)35/h2-14,16-17,29H,15H2,1H3,(H,40,42)(H,41,43)/t29-/m0/s1. The highest BCUT2D eigenvalue weighted by Gasteiger charge is 2.27. The second-order valence-corrected chi connectivity index (χ2v) is 10.3. The highest BCUT2D eigenvalue weighted by molar-refractivity contribution is 6.33. The predicted molar refractivity (Wildman–Crippen MR) is 165 cm³/mol. The summed E-state index contributed by atoms with van der Waals surface area (Å²) in [6, 6.07) is 22.2. The number of benzene rings is 4. The highest BCUT2D eigenvalue weighted by atomic mass is 35.5. The minimum atomic E-state index is -1.33. The molecule has 5 aromatic rings. The van der Waals surface area contributed by atoms with E-state index in [-0.39, 0.29) is 17.7 Å². The Morgan fingerprint density at radius 2 is 1.64 bits per heavy atom. The Morgan fingerprint density at radius 3 is 2.31 bits per heavy atom. The van der Waals surface area contributed by atoms with E-state index < -0.39 is 41.0 Å². The van der Waals surface area contributed by atoms with E-state index in [0.717, 1.165) is 19.2 Å². The van der Waals surface area contributed by atoms with Crippen molar-refractivity contribution in [1.29, 1.82) is 5.26 Å². The average Bonchev–Trinajstić information content (AvgIpc) is 3.04. The van der Waals surface area contributed by atoms with E-state index in [0.29, 0.717) is 38.2 Å². The number of carbonyl (C=O) groups is 3. The van der Waals surface area contributed by atoms with Crippen LogP contribution in [0.4, 0.5) is 14.5 Å². The molecular formula is C34H23ClF2N4O4. The van der Waals surface area contributed by atoms with Crippen molar-refractivity contribution in [3.63, 3.8) is 0 Å². The number of hydrogen-bond acceptors (Lipinski definition) is 6. The number of hydrogen-bond donors (Lipinski definition) is 2. The van der Waals surface area contributed by atoms with Crippen LogP contribution in [-0.4, -0.2) is 35.9 Å². The number of ether oxygens (including phenoxy) is 1. The van der Waals surface area contributed by atoms with Crippen molar-refractivity contribution < 1.29 is 27.9 Å². The highest BCUT2D eigenvalue weighted by Crippen LogP contribution is 2.35. The monoisotopic (exact) mass is 624 g/mol. The van der Waals surface area contributed by atoms with E-state index in [1.54, 1.807) is 66.9 Å². The summed E-state index contributed by atoms with van der Waals surface area (Å²) in [5, 5.41) is 14.9. The number of nitrogens with one attached hydrogen (secondary N) is 2. The van der Waals surface area contributed by atoms with Crippen LogP contribution in [0.25, 0.3) is 22.0 Å². The normalized spacial score (nSPS) is 11.4. The lowest BCUT2D eigenvalue weighted by molar-refractivity contribution is -0.142. The number of nitriles is 1. The van der Waals surface area contributed by atoms with Gasteiger partial charge in [0.15, 0.2) is 0 Å². The van der Waals surface area contributed by atoms with E-state index in [1.165, 1.54) is 12.1 Å². The first kappa shape index (κ1) is 30.8. The quantitative estimate of drug-likeness (QED) is 0.191. The molecule has 2 amide bonds. The van der Waals surface area contributed by atoms with Gasteiger partial charge in [-0.05, 0) is 48.0 Å². The molecule has 0 radical (unpaired) electrons. The summed E-state index contributed by atoms with van der Waals surface area (Å²) in [7, 11) is 1.13. The maximum atomic E-state index is 15.1. The topological polar surface area (TPSA) is 121 Å².